The van der Waals surface area contributed by atoms with Crippen molar-refractivity contribution in [3.05, 3.63) is 35.7 Å². The van der Waals surface area contributed by atoms with Gasteiger partial charge in [-0.1, -0.05) is 29.4 Å². The zero-order valence-corrected chi connectivity index (χ0v) is 15.3. The number of ether oxygens (including phenoxy) is 1. The summed E-state index contributed by atoms with van der Waals surface area (Å²) >= 11 is 0. The molecule has 0 saturated carbocycles. The van der Waals surface area contributed by atoms with Crippen LogP contribution in [0.25, 0.3) is 11.4 Å². The molecule has 26 heavy (non-hydrogen) atoms. The van der Waals surface area contributed by atoms with Crippen LogP contribution in [-0.4, -0.2) is 53.9 Å². The number of hydrogen-bond acceptors (Lipinski definition) is 6. The Hall–Kier alpha value is -1.76. The van der Waals surface area contributed by atoms with E-state index in [9.17, 15) is 0 Å². The molecule has 0 amide bonds. The van der Waals surface area contributed by atoms with Gasteiger partial charge in [0.15, 0.2) is 0 Å². The highest BCUT2D eigenvalue weighted by Crippen LogP contribution is 2.49. The molecule has 6 nitrogen and oxygen atoms in total. The van der Waals surface area contributed by atoms with E-state index in [2.05, 4.69) is 33.3 Å². The number of nitrogens with one attached hydrogen (secondary N) is 1. The molecule has 6 heteroatoms. The Morgan fingerprint density at radius 3 is 2.92 bits per heavy atom. The van der Waals surface area contributed by atoms with Gasteiger partial charge in [0.25, 0.3) is 0 Å². The lowest BCUT2D eigenvalue weighted by atomic mass is 9.70. The van der Waals surface area contributed by atoms with Crippen molar-refractivity contribution in [2.45, 2.75) is 32.4 Å². The first-order chi connectivity index (χ1) is 12.8. The number of piperidine rings is 1. The predicted octanol–water partition coefficient (Wildman–Crippen LogP) is 2.25. The lowest BCUT2D eigenvalue weighted by Gasteiger charge is -2.37. The van der Waals surface area contributed by atoms with E-state index in [1.54, 1.807) is 0 Å². The van der Waals surface area contributed by atoms with Crippen LogP contribution < -0.4 is 5.32 Å². The summed E-state index contributed by atoms with van der Waals surface area (Å²) in [6.07, 6.45) is 2.48. The van der Waals surface area contributed by atoms with Crippen LogP contribution >= 0.6 is 0 Å². The molecule has 3 fully saturated rings. The van der Waals surface area contributed by atoms with E-state index >= 15 is 0 Å². The molecule has 2 atom stereocenters. The lowest BCUT2D eigenvalue weighted by Crippen LogP contribution is -2.42. The van der Waals surface area contributed by atoms with Crippen molar-refractivity contribution in [1.29, 1.82) is 0 Å². The van der Waals surface area contributed by atoms with Crippen LogP contribution in [0.4, 0.5) is 0 Å². The second-order valence-electron chi connectivity index (χ2n) is 8.06. The number of likely N-dealkylation sites (tertiary alicyclic amines) is 1. The van der Waals surface area contributed by atoms with Gasteiger partial charge in [0.1, 0.15) is 0 Å². The summed E-state index contributed by atoms with van der Waals surface area (Å²) in [5, 5.41) is 7.73. The van der Waals surface area contributed by atoms with Crippen molar-refractivity contribution in [3.63, 3.8) is 0 Å². The molecule has 2 aromatic rings. The number of hydrogen-bond donors (Lipinski definition) is 1. The topological polar surface area (TPSA) is 63.4 Å². The molecule has 1 aromatic heterocycles. The Morgan fingerprint density at radius 1 is 1.23 bits per heavy atom. The fraction of sp³-hybridized carbons (Fsp3) is 0.600. The van der Waals surface area contributed by atoms with Crippen molar-refractivity contribution in [1.82, 2.24) is 20.4 Å². The summed E-state index contributed by atoms with van der Waals surface area (Å²) in [6, 6.07) is 8.66. The zero-order chi connectivity index (χ0) is 17.6. The SMILES string of the molecule is Cc1ccccc1-c1noc(CN2CC3(CCNCC3)[C@H]3COC[C@H]32)n1. The average molecular weight is 354 g/mol. The van der Waals surface area contributed by atoms with Crippen LogP contribution in [-0.2, 0) is 11.3 Å². The van der Waals surface area contributed by atoms with Crippen LogP contribution in [0.1, 0.15) is 24.3 Å². The Balaban J connectivity index is 1.36. The van der Waals surface area contributed by atoms with Gasteiger partial charge in [-0.05, 0) is 43.8 Å². The Labute approximate surface area is 153 Å². The quantitative estimate of drug-likeness (QED) is 0.912. The highest BCUT2D eigenvalue weighted by atomic mass is 16.5. The molecule has 1 spiro atoms. The van der Waals surface area contributed by atoms with Crippen molar-refractivity contribution in [3.8, 4) is 11.4 Å². The first-order valence-corrected chi connectivity index (χ1v) is 9.66. The summed E-state index contributed by atoms with van der Waals surface area (Å²) in [5.41, 5.74) is 2.60. The first kappa shape index (κ1) is 16.4. The minimum atomic E-state index is 0.394. The Bertz CT molecular complexity index is 784. The standard InChI is InChI=1S/C20H26N4O2/c1-14-4-2-3-5-15(14)19-22-18(26-23-19)10-24-13-20(6-8-21-9-7-20)16-11-25-12-17(16)24/h2-5,16-17,21H,6-13H2,1H3/t16-,17+/m0/s1. The molecule has 5 rings (SSSR count). The van der Waals surface area contributed by atoms with Gasteiger partial charge in [0.2, 0.25) is 11.7 Å². The normalized spacial score (nSPS) is 27.9. The number of aryl methyl sites for hydroxylation is 1. The second kappa shape index (κ2) is 6.44. The third kappa shape index (κ3) is 2.68. The van der Waals surface area contributed by atoms with Crippen molar-refractivity contribution in [2.75, 3.05) is 32.8 Å². The molecule has 0 unspecified atom stereocenters. The largest absolute Gasteiger partial charge is 0.379 e. The second-order valence-corrected chi connectivity index (χ2v) is 8.06. The molecule has 3 aliphatic heterocycles. The highest BCUT2D eigenvalue weighted by Gasteiger charge is 2.54. The van der Waals surface area contributed by atoms with E-state index in [1.807, 2.05) is 18.2 Å². The highest BCUT2D eigenvalue weighted by molar-refractivity contribution is 5.58. The minimum Gasteiger partial charge on any atom is -0.379 e. The lowest BCUT2D eigenvalue weighted by molar-refractivity contribution is 0.0820. The molecule has 3 saturated heterocycles. The predicted molar refractivity (Wildman–Crippen MR) is 97.5 cm³/mol. The summed E-state index contributed by atoms with van der Waals surface area (Å²) in [7, 11) is 0. The van der Waals surface area contributed by atoms with E-state index in [1.165, 1.54) is 18.4 Å². The summed E-state index contributed by atoms with van der Waals surface area (Å²) in [6.45, 7) is 7.89. The van der Waals surface area contributed by atoms with Crippen LogP contribution in [0.5, 0.6) is 0 Å². The maximum Gasteiger partial charge on any atom is 0.241 e. The average Bonchev–Trinajstić information content (AvgIpc) is 3.36. The van der Waals surface area contributed by atoms with Crippen molar-refractivity contribution in [2.24, 2.45) is 11.3 Å². The molecule has 0 bridgehead atoms. The van der Waals surface area contributed by atoms with Gasteiger partial charge in [-0.25, -0.2) is 0 Å². The number of benzene rings is 1. The fourth-order valence-electron chi connectivity index (χ4n) is 5.18. The van der Waals surface area contributed by atoms with E-state index in [4.69, 9.17) is 9.26 Å². The molecule has 0 aliphatic carbocycles. The summed E-state index contributed by atoms with van der Waals surface area (Å²) < 4.78 is 11.5. The molecular weight excluding hydrogens is 328 g/mol. The molecule has 0 radical (unpaired) electrons. The number of aromatic nitrogens is 2. The molecule has 138 valence electrons. The fourth-order valence-corrected chi connectivity index (χ4v) is 5.18. The Kier molecular flexibility index (Phi) is 4.07. The van der Waals surface area contributed by atoms with Gasteiger partial charge in [0, 0.05) is 24.1 Å². The summed E-state index contributed by atoms with van der Waals surface area (Å²) in [4.78, 5) is 7.21. The number of nitrogens with zero attached hydrogens (tertiary/aromatic N) is 3. The molecule has 1 N–H and O–H groups in total. The monoisotopic (exact) mass is 354 g/mol. The van der Waals surface area contributed by atoms with Crippen LogP contribution in [0, 0.1) is 18.3 Å². The van der Waals surface area contributed by atoms with E-state index in [0.717, 1.165) is 45.0 Å². The van der Waals surface area contributed by atoms with Crippen molar-refractivity contribution >= 4 is 0 Å². The third-order valence-corrected chi connectivity index (χ3v) is 6.62. The molecule has 3 aliphatic rings. The number of rotatable bonds is 3. The molecular formula is C20H26N4O2. The molecule has 4 heterocycles. The first-order valence-electron chi connectivity index (χ1n) is 9.66. The van der Waals surface area contributed by atoms with Crippen LogP contribution in [0.2, 0.25) is 0 Å². The maximum absolute atomic E-state index is 5.87. The van der Waals surface area contributed by atoms with Crippen LogP contribution in [0.3, 0.4) is 0 Å². The van der Waals surface area contributed by atoms with Gasteiger partial charge >= 0.3 is 0 Å². The Morgan fingerprint density at radius 2 is 2.08 bits per heavy atom. The van der Waals surface area contributed by atoms with Gasteiger partial charge in [-0.2, -0.15) is 4.98 Å². The summed E-state index contributed by atoms with van der Waals surface area (Å²) in [5.74, 6) is 2.04. The minimum absolute atomic E-state index is 0.394. The van der Waals surface area contributed by atoms with E-state index < -0.39 is 0 Å². The van der Waals surface area contributed by atoms with Gasteiger partial charge < -0.3 is 14.6 Å². The smallest absolute Gasteiger partial charge is 0.241 e. The van der Waals surface area contributed by atoms with E-state index in [-0.39, 0.29) is 0 Å². The van der Waals surface area contributed by atoms with Gasteiger partial charge in [0.05, 0.1) is 19.8 Å². The third-order valence-electron chi connectivity index (χ3n) is 6.62. The van der Waals surface area contributed by atoms with Crippen molar-refractivity contribution < 1.29 is 9.26 Å². The van der Waals surface area contributed by atoms with Crippen LogP contribution in [0.15, 0.2) is 28.8 Å². The maximum atomic E-state index is 5.87. The molecule has 1 aromatic carbocycles. The zero-order valence-electron chi connectivity index (χ0n) is 15.3. The van der Waals surface area contributed by atoms with Gasteiger partial charge in [-0.15, -0.1) is 0 Å². The number of fused-ring (bicyclic) bond motifs is 2. The van der Waals surface area contributed by atoms with E-state index in [0.29, 0.717) is 29.1 Å². The van der Waals surface area contributed by atoms with Gasteiger partial charge in [-0.3, -0.25) is 4.90 Å².